The van der Waals surface area contributed by atoms with Gasteiger partial charge in [0.15, 0.2) is 5.75 Å². The largest absolute Gasteiger partial charge is 0.490 e. The molecule has 2 aromatic rings. The van der Waals surface area contributed by atoms with E-state index in [1.54, 1.807) is 24.3 Å². The zero-order valence-corrected chi connectivity index (χ0v) is 25.3. The van der Waals surface area contributed by atoms with Crippen LogP contribution in [0.4, 0.5) is 0 Å². The molecular formula is C26H32Cl3NO8S. The van der Waals surface area contributed by atoms with Crippen LogP contribution in [0.1, 0.15) is 38.8 Å². The summed E-state index contributed by atoms with van der Waals surface area (Å²) in [5.74, 6) is -0.193. The number of rotatable bonds is 14. The molecule has 0 fully saturated rings. The topological polar surface area (TPSA) is 117 Å². The van der Waals surface area contributed by atoms with Gasteiger partial charge in [-0.1, -0.05) is 49.2 Å². The summed E-state index contributed by atoms with van der Waals surface area (Å²) in [5, 5.41) is 0.585. The van der Waals surface area contributed by atoms with E-state index in [9.17, 15) is 18.0 Å². The Morgan fingerprint density at radius 1 is 0.897 bits per heavy atom. The monoisotopic (exact) mass is 623 g/mol. The van der Waals surface area contributed by atoms with Gasteiger partial charge in [0.2, 0.25) is 10.0 Å². The lowest BCUT2D eigenvalue weighted by Gasteiger charge is -2.27. The molecule has 39 heavy (non-hydrogen) atoms. The molecule has 0 aliphatic rings. The van der Waals surface area contributed by atoms with Crippen molar-refractivity contribution in [1.82, 2.24) is 4.72 Å². The quantitative estimate of drug-likeness (QED) is 0.237. The third-order valence-corrected chi connectivity index (χ3v) is 7.15. The molecule has 0 amide bonds. The van der Waals surface area contributed by atoms with Crippen molar-refractivity contribution in [2.75, 3.05) is 31.9 Å². The minimum Gasteiger partial charge on any atom is -0.490 e. The number of carbonyl (C=O) groups excluding carboxylic acids is 2. The molecule has 0 bridgehead atoms. The van der Waals surface area contributed by atoms with Crippen molar-refractivity contribution in [3.05, 3.63) is 57.6 Å². The SMILES string of the molecule is CC(=O)O[C@@H](CNS(C)(=O)=O)COc1ccc(C(C)(C)c2cc(Cl)c(OC[C@H](CCl)OC(C)=O)c(Cl)c2)cc1. The summed E-state index contributed by atoms with van der Waals surface area (Å²) >= 11 is 18.8. The molecule has 0 saturated heterocycles. The number of benzene rings is 2. The first kappa shape index (κ1) is 33.0. The predicted molar refractivity (Wildman–Crippen MR) is 151 cm³/mol. The zero-order valence-electron chi connectivity index (χ0n) is 22.3. The molecule has 0 spiro atoms. The second-order valence-corrected chi connectivity index (χ2v) is 12.2. The first-order chi connectivity index (χ1) is 18.1. The first-order valence-corrected chi connectivity index (χ1v) is 15.0. The van der Waals surface area contributed by atoms with Gasteiger partial charge in [-0.05, 0) is 35.4 Å². The lowest BCUT2D eigenvalue weighted by Crippen LogP contribution is -2.37. The van der Waals surface area contributed by atoms with Crippen LogP contribution < -0.4 is 14.2 Å². The number of halogens is 3. The third kappa shape index (κ3) is 10.7. The molecule has 0 saturated carbocycles. The molecular weight excluding hydrogens is 593 g/mol. The Morgan fingerprint density at radius 2 is 1.41 bits per heavy atom. The number of esters is 2. The standard InChI is InChI=1S/C26H32Cl3NO8S/c1-16(31)37-21(12-27)14-36-25-23(28)10-19(11-24(25)29)26(3,4)18-6-8-20(9-7-18)35-15-22(38-17(2)32)13-30-39(5,33)34/h6-11,21-22,30H,12-15H2,1-5H3/t21-,22-/m0/s1. The molecule has 216 valence electrons. The number of hydrogen-bond acceptors (Lipinski definition) is 8. The van der Waals surface area contributed by atoms with Crippen molar-refractivity contribution in [2.24, 2.45) is 0 Å². The van der Waals surface area contributed by atoms with Crippen LogP contribution in [0.3, 0.4) is 0 Å². The third-order valence-electron chi connectivity index (χ3n) is 5.56. The van der Waals surface area contributed by atoms with E-state index in [1.165, 1.54) is 13.8 Å². The van der Waals surface area contributed by atoms with Crippen LogP contribution in [-0.4, -0.2) is 64.5 Å². The molecule has 0 unspecified atom stereocenters. The summed E-state index contributed by atoms with van der Waals surface area (Å²) in [4.78, 5) is 22.6. The zero-order chi connectivity index (χ0) is 29.4. The van der Waals surface area contributed by atoms with E-state index in [0.717, 1.165) is 17.4 Å². The Morgan fingerprint density at radius 3 is 1.90 bits per heavy atom. The minimum atomic E-state index is -3.45. The van der Waals surface area contributed by atoms with E-state index in [1.807, 2.05) is 26.0 Å². The highest BCUT2D eigenvalue weighted by molar-refractivity contribution is 7.88. The molecule has 0 heterocycles. The summed E-state index contributed by atoms with van der Waals surface area (Å²) in [6.45, 7) is 6.37. The Labute approximate surface area is 244 Å². The highest BCUT2D eigenvalue weighted by Crippen LogP contribution is 2.40. The van der Waals surface area contributed by atoms with Crippen molar-refractivity contribution >= 4 is 56.8 Å². The fourth-order valence-electron chi connectivity index (χ4n) is 3.52. The normalized spacial score (nSPS) is 13.3. The van der Waals surface area contributed by atoms with Crippen molar-refractivity contribution in [2.45, 2.75) is 45.3 Å². The number of alkyl halides is 1. The number of ether oxygens (including phenoxy) is 4. The van der Waals surface area contributed by atoms with E-state index in [0.29, 0.717) is 15.8 Å². The van der Waals surface area contributed by atoms with Gasteiger partial charge in [-0.25, -0.2) is 13.1 Å². The van der Waals surface area contributed by atoms with E-state index >= 15 is 0 Å². The number of hydrogen-bond donors (Lipinski definition) is 1. The highest BCUT2D eigenvalue weighted by Gasteiger charge is 2.26. The predicted octanol–water partition coefficient (Wildman–Crippen LogP) is 4.73. The maximum atomic E-state index is 11.4. The van der Waals surface area contributed by atoms with Gasteiger partial charge in [0.1, 0.15) is 31.2 Å². The molecule has 2 atom stereocenters. The second-order valence-electron chi connectivity index (χ2n) is 9.28. The van der Waals surface area contributed by atoms with E-state index in [2.05, 4.69) is 4.72 Å². The van der Waals surface area contributed by atoms with Gasteiger partial charge in [-0.3, -0.25) is 9.59 Å². The number of nitrogens with one attached hydrogen (secondary N) is 1. The molecule has 13 heteroatoms. The summed E-state index contributed by atoms with van der Waals surface area (Å²) in [7, 11) is -3.45. The molecule has 9 nitrogen and oxygen atoms in total. The number of sulfonamides is 1. The van der Waals surface area contributed by atoms with Gasteiger partial charge in [0.25, 0.3) is 0 Å². The van der Waals surface area contributed by atoms with Crippen molar-refractivity contribution in [3.63, 3.8) is 0 Å². The number of carbonyl (C=O) groups is 2. The van der Waals surface area contributed by atoms with Crippen molar-refractivity contribution < 1.29 is 37.0 Å². The lowest BCUT2D eigenvalue weighted by atomic mass is 9.78. The average Bonchev–Trinajstić information content (AvgIpc) is 2.83. The van der Waals surface area contributed by atoms with Gasteiger partial charge < -0.3 is 18.9 Å². The maximum Gasteiger partial charge on any atom is 0.303 e. The van der Waals surface area contributed by atoms with Crippen LogP contribution in [-0.2, 0) is 34.5 Å². The van der Waals surface area contributed by atoms with Crippen LogP contribution >= 0.6 is 34.8 Å². The van der Waals surface area contributed by atoms with Crippen molar-refractivity contribution in [3.8, 4) is 11.5 Å². The lowest BCUT2D eigenvalue weighted by molar-refractivity contribution is -0.148. The summed E-state index contributed by atoms with van der Waals surface area (Å²) in [5.41, 5.74) is 1.25. The molecule has 0 aromatic heterocycles. The molecule has 2 aromatic carbocycles. The van der Waals surface area contributed by atoms with Crippen LogP contribution in [0.2, 0.25) is 10.0 Å². The summed E-state index contributed by atoms with van der Waals surface area (Å²) in [6.07, 6.45) is -0.427. The van der Waals surface area contributed by atoms with E-state index in [4.69, 9.17) is 53.8 Å². The van der Waals surface area contributed by atoms with Gasteiger partial charge in [0, 0.05) is 19.3 Å². The Balaban J connectivity index is 2.13. The van der Waals surface area contributed by atoms with E-state index < -0.39 is 39.6 Å². The molecule has 0 aliphatic heterocycles. The minimum absolute atomic E-state index is 0.00461. The Kier molecular flexibility index (Phi) is 12.2. The van der Waals surface area contributed by atoms with Crippen LogP contribution in [0.5, 0.6) is 11.5 Å². The highest BCUT2D eigenvalue weighted by atomic mass is 35.5. The Hall–Kier alpha value is -2.24. The summed E-state index contributed by atoms with van der Waals surface area (Å²) < 4.78 is 46.7. The van der Waals surface area contributed by atoms with Crippen LogP contribution in [0.25, 0.3) is 0 Å². The molecule has 0 radical (unpaired) electrons. The molecule has 1 N–H and O–H groups in total. The Bertz CT molecular complexity index is 1230. The molecule has 0 aliphatic carbocycles. The smallest absolute Gasteiger partial charge is 0.303 e. The van der Waals surface area contributed by atoms with Crippen LogP contribution in [0, 0.1) is 0 Å². The van der Waals surface area contributed by atoms with Gasteiger partial charge in [-0.2, -0.15) is 0 Å². The fraction of sp³-hybridized carbons (Fsp3) is 0.462. The summed E-state index contributed by atoms with van der Waals surface area (Å²) in [6, 6.07) is 10.8. The molecule has 2 rings (SSSR count). The van der Waals surface area contributed by atoms with Crippen molar-refractivity contribution in [1.29, 1.82) is 0 Å². The average molecular weight is 625 g/mol. The van der Waals surface area contributed by atoms with Gasteiger partial charge >= 0.3 is 11.9 Å². The van der Waals surface area contributed by atoms with Crippen LogP contribution in [0.15, 0.2) is 36.4 Å². The second kappa shape index (κ2) is 14.4. The van der Waals surface area contributed by atoms with Gasteiger partial charge in [-0.15, -0.1) is 11.6 Å². The fourth-order valence-corrected chi connectivity index (χ4v) is 4.75. The maximum absolute atomic E-state index is 11.4. The van der Waals surface area contributed by atoms with E-state index in [-0.39, 0.29) is 31.4 Å². The van der Waals surface area contributed by atoms with Gasteiger partial charge in [0.05, 0.1) is 28.7 Å². The first-order valence-electron chi connectivity index (χ1n) is 11.8.